The van der Waals surface area contributed by atoms with Gasteiger partial charge in [-0.25, -0.2) is 4.79 Å². The number of rotatable bonds is 5. The second-order valence-corrected chi connectivity index (χ2v) is 10.1. The van der Waals surface area contributed by atoms with E-state index in [0.717, 1.165) is 11.2 Å². The van der Waals surface area contributed by atoms with E-state index in [2.05, 4.69) is 0 Å². The second kappa shape index (κ2) is 8.14. The molecule has 0 aromatic rings. The third-order valence-corrected chi connectivity index (χ3v) is 3.93. The standard InChI is InChI=1S/C17H29NO8S/c1-16(2,3)24-14(20)9-13(19)12-8-11(26-27(7,22)23)10-18(12)15(21)25-17(4,5)6/h11-12H,8-10H2,1-7H3/t11-,12+/m1/s1. The summed E-state index contributed by atoms with van der Waals surface area (Å²) >= 11 is 0. The highest BCUT2D eigenvalue weighted by Gasteiger charge is 2.43. The van der Waals surface area contributed by atoms with Crippen LogP contribution >= 0.6 is 0 Å². The molecule has 27 heavy (non-hydrogen) atoms. The predicted octanol–water partition coefficient (Wildman–Crippen LogP) is 1.64. The lowest BCUT2D eigenvalue weighted by Crippen LogP contribution is -2.44. The summed E-state index contributed by atoms with van der Waals surface area (Å²) in [5, 5.41) is 0. The molecule has 9 nitrogen and oxygen atoms in total. The Bertz CT molecular complexity index is 687. The van der Waals surface area contributed by atoms with Gasteiger partial charge in [-0.1, -0.05) is 0 Å². The van der Waals surface area contributed by atoms with E-state index < -0.39 is 57.7 Å². The van der Waals surface area contributed by atoms with Crippen LogP contribution in [0.15, 0.2) is 0 Å². The van der Waals surface area contributed by atoms with E-state index in [-0.39, 0.29) is 13.0 Å². The summed E-state index contributed by atoms with van der Waals surface area (Å²) in [5.41, 5.74) is -1.55. The van der Waals surface area contributed by atoms with Gasteiger partial charge in [-0.2, -0.15) is 8.42 Å². The Labute approximate surface area is 160 Å². The molecule has 156 valence electrons. The summed E-state index contributed by atoms with van der Waals surface area (Å²) in [6, 6.07) is -1.03. The van der Waals surface area contributed by atoms with Crippen molar-refractivity contribution in [1.82, 2.24) is 4.90 Å². The lowest BCUT2D eigenvalue weighted by molar-refractivity contribution is -0.156. The Morgan fingerprint density at radius 2 is 1.52 bits per heavy atom. The molecule has 1 aliphatic heterocycles. The van der Waals surface area contributed by atoms with Gasteiger partial charge >= 0.3 is 12.1 Å². The summed E-state index contributed by atoms with van der Waals surface area (Å²) in [6.45, 7) is 9.90. The van der Waals surface area contributed by atoms with Crippen LogP contribution in [0.1, 0.15) is 54.4 Å². The molecule has 1 aliphatic rings. The van der Waals surface area contributed by atoms with E-state index in [4.69, 9.17) is 13.7 Å². The molecule has 1 rings (SSSR count). The molecule has 1 fully saturated rings. The molecule has 0 radical (unpaired) electrons. The fourth-order valence-electron chi connectivity index (χ4n) is 2.58. The van der Waals surface area contributed by atoms with Gasteiger partial charge in [-0.05, 0) is 41.5 Å². The van der Waals surface area contributed by atoms with Gasteiger partial charge in [0.15, 0.2) is 5.78 Å². The maximum atomic E-state index is 12.6. The summed E-state index contributed by atoms with van der Waals surface area (Å²) in [4.78, 5) is 38.1. The number of likely N-dealkylation sites (tertiary alicyclic amines) is 1. The molecular formula is C17H29NO8S. The smallest absolute Gasteiger partial charge is 0.410 e. The number of carbonyl (C=O) groups is 3. The van der Waals surface area contributed by atoms with Crippen molar-refractivity contribution in [2.24, 2.45) is 0 Å². The van der Waals surface area contributed by atoms with Crippen LogP contribution in [-0.2, 0) is 33.4 Å². The number of Topliss-reactive ketones (excluding diaryl/α,β-unsaturated/α-hetero) is 1. The van der Waals surface area contributed by atoms with E-state index in [1.54, 1.807) is 41.5 Å². The number of carbonyl (C=O) groups excluding carboxylic acids is 3. The van der Waals surface area contributed by atoms with Gasteiger partial charge in [0.2, 0.25) is 0 Å². The quantitative estimate of drug-likeness (QED) is 0.384. The average molecular weight is 407 g/mol. The molecule has 1 heterocycles. The Morgan fingerprint density at radius 3 is 1.96 bits per heavy atom. The number of esters is 1. The van der Waals surface area contributed by atoms with Gasteiger partial charge in [-0.15, -0.1) is 0 Å². The van der Waals surface area contributed by atoms with E-state index >= 15 is 0 Å². The molecular weight excluding hydrogens is 378 g/mol. The average Bonchev–Trinajstić information content (AvgIpc) is 2.75. The summed E-state index contributed by atoms with van der Waals surface area (Å²) < 4.78 is 38.1. The number of ketones is 1. The Kier molecular flexibility index (Phi) is 7.04. The normalized spacial score (nSPS) is 21.1. The van der Waals surface area contributed by atoms with Crippen LogP contribution < -0.4 is 0 Å². The first-order valence-corrected chi connectivity index (χ1v) is 10.4. The van der Waals surface area contributed by atoms with E-state index in [9.17, 15) is 22.8 Å². The largest absolute Gasteiger partial charge is 0.460 e. The lowest BCUT2D eigenvalue weighted by atomic mass is 10.1. The van der Waals surface area contributed by atoms with Crippen molar-refractivity contribution < 1.29 is 36.5 Å². The van der Waals surface area contributed by atoms with E-state index in [0.29, 0.717) is 0 Å². The van der Waals surface area contributed by atoms with Crippen LogP contribution in [0.2, 0.25) is 0 Å². The van der Waals surface area contributed by atoms with Gasteiger partial charge < -0.3 is 9.47 Å². The number of ether oxygens (including phenoxy) is 2. The summed E-state index contributed by atoms with van der Waals surface area (Å²) in [5.74, 6) is -1.28. The van der Waals surface area contributed by atoms with Crippen LogP contribution in [0.5, 0.6) is 0 Å². The van der Waals surface area contributed by atoms with Gasteiger partial charge in [0, 0.05) is 6.42 Å². The van der Waals surface area contributed by atoms with Gasteiger partial charge in [0.25, 0.3) is 10.1 Å². The van der Waals surface area contributed by atoms with Crippen molar-refractivity contribution in [2.45, 2.75) is 77.7 Å². The minimum absolute atomic E-state index is 0.0477. The lowest BCUT2D eigenvalue weighted by Gasteiger charge is -2.28. The molecule has 0 N–H and O–H groups in total. The Balaban J connectivity index is 2.94. The molecule has 0 aromatic carbocycles. The molecule has 1 amide bonds. The molecule has 0 saturated carbocycles. The van der Waals surface area contributed by atoms with E-state index in [1.165, 1.54) is 0 Å². The maximum absolute atomic E-state index is 12.6. The highest BCUT2D eigenvalue weighted by atomic mass is 32.2. The van der Waals surface area contributed by atoms with Crippen molar-refractivity contribution >= 4 is 28.0 Å². The van der Waals surface area contributed by atoms with Gasteiger partial charge in [0.05, 0.1) is 24.9 Å². The van der Waals surface area contributed by atoms with Crippen LogP contribution in [0, 0.1) is 0 Å². The Morgan fingerprint density at radius 1 is 1.00 bits per heavy atom. The number of hydrogen-bond acceptors (Lipinski definition) is 8. The van der Waals surface area contributed by atoms with Crippen LogP contribution in [0.25, 0.3) is 0 Å². The SMILES string of the molecule is CC(C)(C)OC(=O)CC(=O)[C@@H]1C[C@@H](OS(C)(=O)=O)CN1C(=O)OC(C)(C)C. The monoisotopic (exact) mass is 407 g/mol. The van der Waals surface area contributed by atoms with Crippen molar-refractivity contribution in [2.75, 3.05) is 12.8 Å². The minimum Gasteiger partial charge on any atom is -0.460 e. The van der Waals surface area contributed by atoms with Gasteiger partial charge in [-0.3, -0.25) is 18.7 Å². The molecule has 0 aliphatic carbocycles. The third kappa shape index (κ3) is 8.70. The summed E-state index contributed by atoms with van der Waals surface area (Å²) in [7, 11) is -3.77. The first-order chi connectivity index (χ1) is 12.0. The fourth-order valence-corrected chi connectivity index (χ4v) is 3.21. The topological polar surface area (TPSA) is 116 Å². The molecule has 0 unspecified atom stereocenters. The minimum atomic E-state index is -3.77. The predicted molar refractivity (Wildman–Crippen MR) is 96.5 cm³/mol. The van der Waals surface area contributed by atoms with Crippen LogP contribution in [0.3, 0.4) is 0 Å². The first-order valence-electron chi connectivity index (χ1n) is 8.59. The van der Waals surface area contributed by atoms with E-state index in [1.807, 2.05) is 0 Å². The molecule has 10 heteroatoms. The maximum Gasteiger partial charge on any atom is 0.410 e. The number of nitrogens with zero attached hydrogens (tertiary/aromatic N) is 1. The van der Waals surface area contributed by atoms with Crippen molar-refractivity contribution in [3.05, 3.63) is 0 Å². The number of amides is 1. The van der Waals surface area contributed by atoms with Crippen LogP contribution in [-0.4, -0.2) is 67.3 Å². The second-order valence-electron chi connectivity index (χ2n) is 8.54. The summed E-state index contributed by atoms with van der Waals surface area (Å²) in [6.07, 6.45) is -1.36. The molecule has 2 atom stereocenters. The first kappa shape index (κ1) is 23.4. The van der Waals surface area contributed by atoms with Crippen molar-refractivity contribution in [3.8, 4) is 0 Å². The molecule has 0 aromatic heterocycles. The van der Waals surface area contributed by atoms with Crippen molar-refractivity contribution in [3.63, 3.8) is 0 Å². The zero-order valence-electron chi connectivity index (χ0n) is 16.9. The number of hydrogen-bond donors (Lipinski definition) is 0. The highest BCUT2D eigenvalue weighted by molar-refractivity contribution is 7.86. The Hall–Kier alpha value is -1.68. The molecule has 0 bridgehead atoms. The zero-order chi connectivity index (χ0) is 21.2. The van der Waals surface area contributed by atoms with Crippen molar-refractivity contribution in [1.29, 1.82) is 0 Å². The fraction of sp³-hybridized carbons (Fsp3) is 0.824. The van der Waals surface area contributed by atoms with Crippen LogP contribution in [0.4, 0.5) is 4.79 Å². The third-order valence-electron chi connectivity index (χ3n) is 3.31. The van der Waals surface area contributed by atoms with Gasteiger partial charge in [0.1, 0.15) is 17.6 Å². The zero-order valence-corrected chi connectivity index (χ0v) is 17.7. The highest BCUT2D eigenvalue weighted by Crippen LogP contribution is 2.26. The molecule has 1 saturated heterocycles. The molecule has 0 spiro atoms.